The summed E-state index contributed by atoms with van der Waals surface area (Å²) in [6.45, 7) is 3.81. The minimum absolute atomic E-state index is 0.0310. The second-order valence-corrected chi connectivity index (χ2v) is 10.3. The van der Waals surface area contributed by atoms with E-state index in [-0.39, 0.29) is 17.7 Å². The van der Waals surface area contributed by atoms with Crippen LogP contribution in [0, 0.1) is 5.92 Å². The van der Waals surface area contributed by atoms with Crippen molar-refractivity contribution in [1.82, 2.24) is 10.2 Å². The van der Waals surface area contributed by atoms with Crippen molar-refractivity contribution in [2.24, 2.45) is 21.8 Å². The highest BCUT2D eigenvalue weighted by Gasteiger charge is 2.35. The molecule has 3 N–H and O–H groups in total. The summed E-state index contributed by atoms with van der Waals surface area (Å²) in [5.41, 5.74) is 7.39. The van der Waals surface area contributed by atoms with Gasteiger partial charge in [0.15, 0.2) is 5.60 Å². The van der Waals surface area contributed by atoms with Crippen LogP contribution in [0.25, 0.3) is 0 Å². The van der Waals surface area contributed by atoms with Crippen molar-refractivity contribution >= 4 is 52.5 Å². The number of carbonyl (C=O) groups is 2. The topological polar surface area (TPSA) is 109 Å². The summed E-state index contributed by atoms with van der Waals surface area (Å²) in [6, 6.07) is 11.2. The first-order chi connectivity index (χ1) is 15.8. The molecule has 1 saturated heterocycles. The average Bonchev–Trinajstić information content (AvgIpc) is 3.43. The Hall–Kier alpha value is -2.91. The molecule has 8 nitrogen and oxygen atoms in total. The average molecular weight is 488 g/mol. The molecule has 174 valence electrons. The number of nitrogens with two attached hydrogens (primary N) is 1. The number of piperidine rings is 1. The number of rotatable bonds is 7. The van der Waals surface area contributed by atoms with Crippen LogP contribution in [0.4, 0.5) is 5.69 Å². The van der Waals surface area contributed by atoms with Crippen molar-refractivity contribution in [3.05, 3.63) is 51.2 Å². The fourth-order valence-electron chi connectivity index (χ4n) is 3.81. The highest BCUT2D eigenvalue weighted by molar-refractivity contribution is 7.18. The zero-order valence-electron chi connectivity index (χ0n) is 18.3. The summed E-state index contributed by atoms with van der Waals surface area (Å²) in [5, 5.41) is 7.14. The molecule has 1 unspecified atom stereocenters. The third-order valence-electron chi connectivity index (χ3n) is 5.84. The van der Waals surface area contributed by atoms with Crippen LogP contribution in [-0.2, 0) is 9.63 Å². The maximum absolute atomic E-state index is 12.3. The van der Waals surface area contributed by atoms with E-state index < -0.39 is 5.60 Å². The molecular formula is C23H26ClN5O3S. The number of thiophene rings is 1. The van der Waals surface area contributed by atoms with Gasteiger partial charge in [0.25, 0.3) is 5.91 Å². The summed E-state index contributed by atoms with van der Waals surface area (Å²) >= 11 is 7.14. The lowest BCUT2D eigenvalue weighted by Gasteiger charge is -2.28. The Morgan fingerprint density at radius 2 is 2.03 bits per heavy atom. The van der Waals surface area contributed by atoms with Crippen molar-refractivity contribution in [3.8, 4) is 0 Å². The molecule has 10 heteroatoms. The Balaban J connectivity index is 1.28. The summed E-state index contributed by atoms with van der Waals surface area (Å²) in [4.78, 5) is 36.4. The van der Waals surface area contributed by atoms with Crippen LogP contribution >= 0.6 is 22.9 Å². The van der Waals surface area contributed by atoms with E-state index in [2.05, 4.69) is 20.4 Å². The fraction of sp³-hybridized carbons (Fsp3) is 0.391. The molecule has 1 aromatic carbocycles. The molecule has 4 rings (SSSR count). The van der Waals surface area contributed by atoms with Crippen molar-refractivity contribution in [1.29, 1.82) is 0 Å². The lowest BCUT2D eigenvalue weighted by Crippen LogP contribution is -2.40. The summed E-state index contributed by atoms with van der Waals surface area (Å²) in [6.07, 6.45) is 3.93. The molecule has 2 aromatic rings. The Morgan fingerprint density at radius 3 is 2.67 bits per heavy atom. The van der Waals surface area contributed by atoms with Gasteiger partial charge in [-0.1, -0.05) is 28.9 Å². The maximum atomic E-state index is 12.3. The fourth-order valence-corrected chi connectivity index (χ4v) is 4.77. The highest BCUT2D eigenvalue weighted by atomic mass is 35.5. The van der Waals surface area contributed by atoms with Crippen molar-refractivity contribution in [2.45, 2.75) is 31.8 Å². The van der Waals surface area contributed by atoms with Crippen molar-refractivity contribution in [3.63, 3.8) is 0 Å². The summed E-state index contributed by atoms with van der Waals surface area (Å²) in [7, 11) is 0. The van der Waals surface area contributed by atoms with Gasteiger partial charge in [0, 0.05) is 25.4 Å². The smallest absolute Gasteiger partial charge is 0.261 e. The van der Waals surface area contributed by atoms with Gasteiger partial charge in [-0.2, -0.15) is 0 Å². The molecule has 0 spiro atoms. The molecule has 0 radical (unpaired) electrons. The molecule has 0 saturated carbocycles. The highest BCUT2D eigenvalue weighted by Crippen LogP contribution is 2.27. The Bertz CT molecular complexity index is 1080. The van der Waals surface area contributed by atoms with E-state index in [0.717, 1.165) is 42.9 Å². The van der Waals surface area contributed by atoms with E-state index in [1.165, 1.54) is 11.3 Å². The van der Waals surface area contributed by atoms with E-state index in [9.17, 15) is 9.59 Å². The van der Waals surface area contributed by atoms with Gasteiger partial charge in [-0.3, -0.25) is 9.59 Å². The molecule has 33 heavy (non-hydrogen) atoms. The number of hydrogen-bond acceptors (Lipinski definition) is 6. The van der Waals surface area contributed by atoms with Crippen LogP contribution in [0.3, 0.4) is 0 Å². The third-order valence-corrected chi connectivity index (χ3v) is 7.07. The lowest BCUT2D eigenvalue weighted by molar-refractivity contribution is -0.122. The number of aliphatic imine (C=N–C) groups is 1. The van der Waals surface area contributed by atoms with Crippen molar-refractivity contribution < 1.29 is 14.4 Å². The van der Waals surface area contributed by atoms with Gasteiger partial charge in [-0.05, 0) is 49.6 Å². The minimum Gasteiger partial charge on any atom is -0.387 e. The van der Waals surface area contributed by atoms with Crippen LogP contribution < -0.4 is 11.1 Å². The molecule has 2 aliphatic heterocycles. The molecule has 0 aliphatic carbocycles. The monoisotopic (exact) mass is 487 g/mol. The zero-order valence-corrected chi connectivity index (χ0v) is 19.9. The van der Waals surface area contributed by atoms with E-state index in [0.29, 0.717) is 22.2 Å². The van der Waals surface area contributed by atoms with Crippen LogP contribution in [0.1, 0.15) is 41.4 Å². The number of primary amides is 1. The number of likely N-dealkylation sites (tertiary alicyclic amines) is 1. The first kappa shape index (κ1) is 23.3. The SMILES string of the molecule is CC1(CNC(=O)c2ccc(Cl)s2)CC(c2ccc(N=CN3CCC(C(N)=O)CC3)cc2)=NO1. The Morgan fingerprint density at radius 1 is 1.30 bits per heavy atom. The molecule has 3 heterocycles. The molecule has 1 aromatic heterocycles. The molecule has 0 bridgehead atoms. The zero-order chi connectivity index (χ0) is 23.4. The van der Waals surface area contributed by atoms with Gasteiger partial charge in [0.2, 0.25) is 5.91 Å². The Kier molecular flexibility index (Phi) is 6.99. The van der Waals surface area contributed by atoms with Gasteiger partial charge < -0.3 is 20.8 Å². The number of nitrogens with zero attached hydrogens (tertiary/aromatic N) is 3. The van der Waals surface area contributed by atoms with Gasteiger partial charge in [-0.15, -0.1) is 11.3 Å². The molecule has 1 fully saturated rings. The predicted molar refractivity (Wildman–Crippen MR) is 130 cm³/mol. The third kappa shape index (κ3) is 5.91. The van der Waals surface area contributed by atoms with Crippen LogP contribution in [-0.4, -0.2) is 54.0 Å². The normalized spacial score (nSPS) is 21.2. The van der Waals surface area contributed by atoms with E-state index >= 15 is 0 Å². The number of oxime groups is 1. The van der Waals surface area contributed by atoms with Gasteiger partial charge >= 0.3 is 0 Å². The second kappa shape index (κ2) is 9.93. The van der Waals surface area contributed by atoms with E-state index in [1.807, 2.05) is 37.5 Å². The van der Waals surface area contributed by atoms with Crippen LogP contribution in [0.15, 0.2) is 46.5 Å². The molecule has 1 atom stereocenters. The molecule has 2 amide bonds. The first-order valence-corrected chi connectivity index (χ1v) is 12.0. The first-order valence-electron chi connectivity index (χ1n) is 10.8. The number of amides is 2. The van der Waals surface area contributed by atoms with Crippen LogP contribution in [0.5, 0.6) is 0 Å². The van der Waals surface area contributed by atoms with E-state index in [1.54, 1.807) is 12.1 Å². The van der Waals surface area contributed by atoms with Gasteiger partial charge in [0.1, 0.15) is 0 Å². The molecular weight excluding hydrogens is 462 g/mol. The quantitative estimate of drug-likeness (QED) is 0.459. The maximum Gasteiger partial charge on any atom is 0.261 e. The summed E-state index contributed by atoms with van der Waals surface area (Å²) < 4.78 is 0.578. The number of hydrogen-bond donors (Lipinski definition) is 2. The van der Waals surface area contributed by atoms with Gasteiger partial charge in [0.05, 0.1) is 33.5 Å². The van der Waals surface area contributed by atoms with E-state index in [4.69, 9.17) is 22.2 Å². The number of halogens is 1. The standard InChI is InChI=1S/C23H26ClN5O3S/c1-23(13-26-22(31)19-6-7-20(24)33-19)12-18(28-32-23)15-2-4-17(5-3-15)27-14-29-10-8-16(9-11-29)21(25)30/h2-7,14,16H,8-13H2,1H3,(H2,25,30)(H,26,31). The summed E-state index contributed by atoms with van der Waals surface area (Å²) in [5.74, 6) is -0.422. The minimum atomic E-state index is -0.611. The van der Waals surface area contributed by atoms with Crippen LogP contribution in [0.2, 0.25) is 4.34 Å². The number of carbonyl (C=O) groups excluding carboxylic acids is 2. The van der Waals surface area contributed by atoms with Crippen molar-refractivity contribution in [2.75, 3.05) is 19.6 Å². The predicted octanol–water partition coefficient (Wildman–Crippen LogP) is 3.57. The molecule has 2 aliphatic rings. The second-order valence-electron chi connectivity index (χ2n) is 8.55. The largest absolute Gasteiger partial charge is 0.387 e. The van der Waals surface area contributed by atoms with Gasteiger partial charge in [-0.25, -0.2) is 4.99 Å². The number of nitrogens with one attached hydrogen (secondary N) is 1. The number of benzene rings is 1. The Labute approximate surface area is 201 Å². The lowest BCUT2D eigenvalue weighted by atomic mass is 9.95.